The van der Waals surface area contributed by atoms with Crippen LogP contribution in [0.25, 0.3) is 10.9 Å². The van der Waals surface area contributed by atoms with Crippen LogP contribution in [-0.4, -0.2) is 29.8 Å². The second kappa shape index (κ2) is 6.37. The molecule has 0 radical (unpaired) electrons. The molecule has 0 unspecified atom stereocenters. The summed E-state index contributed by atoms with van der Waals surface area (Å²) in [4.78, 5) is 0. The van der Waals surface area contributed by atoms with Crippen molar-refractivity contribution >= 4 is 10.9 Å². The predicted octanol–water partition coefficient (Wildman–Crippen LogP) is 1.65. The molecule has 0 bridgehead atoms. The number of H-pyrrole nitrogens is 1. The standard InChI is InChI=1S/C13H20N4/c1-2-14-6-3-7-15-9-11-4-5-12-10-16-17-13(12)8-11/h4-5,8,10,14-15H,2-3,6-7,9H2,1H3,(H,16,17). The molecule has 4 heteroatoms. The van der Waals surface area contributed by atoms with Crippen LogP contribution in [-0.2, 0) is 6.54 Å². The Bertz CT molecular complexity index is 449. The molecular weight excluding hydrogens is 212 g/mol. The van der Waals surface area contributed by atoms with E-state index in [0.717, 1.165) is 31.7 Å². The Morgan fingerprint density at radius 1 is 1.24 bits per heavy atom. The van der Waals surface area contributed by atoms with Crippen molar-refractivity contribution in [3.05, 3.63) is 30.0 Å². The Morgan fingerprint density at radius 3 is 3.00 bits per heavy atom. The molecule has 1 heterocycles. The summed E-state index contributed by atoms with van der Waals surface area (Å²) in [5.74, 6) is 0. The van der Waals surface area contributed by atoms with Crippen molar-refractivity contribution in [2.75, 3.05) is 19.6 Å². The molecule has 3 N–H and O–H groups in total. The first-order chi connectivity index (χ1) is 8.40. The van der Waals surface area contributed by atoms with Crippen LogP contribution in [0, 0.1) is 0 Å². The lowest BCUT2D eigenvalue weighted by Crippen LogP contribution is -2.21. The minimum absolute atomic E-state index is 0.918. The first-order valence-corrected chi connectivity index (χ1v) is 6.23. The molecule has 1 aromatic heterocycles. The molecule has 17 heavy (non-hydrogen) atoms. The zero-order valence-corrected chi connectivity index (χ0v) is 10.3. The molecule has 0 spiro atoms. The lowest BCUT2D eigenvalue weighted by molar-refractivity contribution is 0.606. The van der Waals surface area contributed by atoms with E-state index in [1.807, 2.05) is 6.20 Å². The van der Waals surface area contributed by atoms with Crippen LogP contribution in [0.2, 0.25) is 0 Å². The predicted molar refractivity (Wildman–Crippen MR) is 71.0 cm³/mol. The van der Waals surface area contributed by atoms with E-state index in [2.05, 4.69) is 46.0 Å². The van der Waals surface area contributed by atoms with Gasteiger partial charge in [-0.25, -0.2) is 0 Å². The Balaban J connectivity index is 1.75. The summed E-state index contributed by atoms with van der Waals surface area (Å²) in [7, 11) is 0. The van der Waals surface area contributed by atoms with Crippen molar-refractivity contribution in [3.8, 4) is 0 Å². The molecule has 0 saturated carbocycles. The third-order valence-electron chi connectivity index (χ3n) is 2.79. The molecule has 0 saturated heterocycles. The van der Waals surface area contributed by atoms with Crippen LogP contribution in [0.1, 0.15) is 18.9 Å². The van der Waals surface area contributed by atoms with E-state index in [0.29, 0.717) is 0 Å². The van der Waals surface area contributed by atoms with Gasteiger partial charge in [0, 0.05) is 11.9 Å². The van der Waals surface area contributed by atoms with Gasteiger partial charge < -0.3 is 10.6 Å². The third kappa shape index (κ3) is 3.54. The van der Waals surface area contributed by atoms with E-state index in [-0.39, 0.29) is 0 Å². The SMILES string of the molecule is CCNCCCNCc1ccc2cn[nH]c2c1. The summed E-state index contributed by atoms with van der Waals surface area (Å²) in [5, 5.41) is 14.9. The summed E-state index contributed by atoms with van der Waals surface area (Å²) >= 11 is 0. The van der Waals surface area contributed by atoms with Gasteiger partial charge in [-0.2, -0.15) is 5.10 Å². The van der Waals surface area contributed by atoms with Gasteiger partial charge in [-0.15, -0.1) is 0 Å². The van der Waals surface area contributed by atoms with Crippen LogP contribution in [0.4, 0.5) is 0 Å². The fraction of sp³-hybridized carbons (Fsp3) is 0.462. The average molecular weight is 232 g/mol. The van der Waals surface area contributed by atoms with Gasteiger partial charge in [-0.3, -0.25) is 5.10 Å². The van der Waals surface area contributed by atoms with Crippen LogP contribution >= 0.6 is 0 Å². The highest BCUT2D eigenvalue weighted by Crippen LogP contribution is 2.12. The topological polar surface area (TPSA) is 52.7 Å². The first kappa shape index (κ1) is 12.1. The van der Waals surface area contributed by atoms with E-state index in [4.69, 9.17) is 0 Å². The van der Waals surface area contributed by atoms with Crippen molar-refractivity contribution in [2.45, 2.75) is 19.9 Å². The van der Waals surface area contributed by atoms with Gasteiger partial charge in [0.2, 0.25) is 0 Å². The molecule has 0 aliphatic carbocycles. The van der Waals surface area contributed by atoms with Gasteiger partial charge in [-0.05, 0) is 37.7 Å². The molecule has 1 aromatic carbocycles. The minimum Gasteiger partial charge on any atom is -0.317 e. The highest BCUT2D eigenvalue weighted by atomic mass is 15.1. The first-order valence-electron chi connectivity index (χ1n) is 6.23. The number of fused-ring (bicyclic) bond motifs is 1. The zero-order valence-electron chi connectivity index (χ0n) is 10.3. The normalized spacial score (nSPS) is 11.1. The quantitative estimate of drug-likeness (QED) is 0.636. The smallest absolute Gasteiger partial charge is 0.0653 e. The number of nitrogens with zero attached hydrogens (tertiary/aromatic N) is 1. The number of hydrogen-bond donors (Lipinski definition) is 3. The van der Waals surface area contributed by atoms with E-state index in [9.17, 15) is 0 Å². The molecule has 0 aliphatic heterocycles. The van der Waals surface area contributed by atoms with Gasteiger partial charge in [0.05, 0.1) is 11.7 Å². The maximum atomic E-state index is 4.02. The zero-order chi connectivity index (χ0) is 11.9. The summed E-state index contributed by atoms with van der Waals surface area (Å²) in [5.41, 5.74) is 2.40. The third-order valence-corrected chi connectivity index (χ3v) is 2.79. The fourth-order valence-electron chi connectivity index (χ4n) is 1.84. The Morgan fingerprint density at radius 2 is 2.12 bits per heavy atom. The molecule has 0 atom stereocenters. The second-order valence-corrected chi connectivity index (χ2v) is 4.18. The van der Waals surface area contributed by atoms with Crippen molar-refractivity contribution in [2.24, 2.45) is 0 Å². The minimum atomic E-state index is 0.918. The highest BCUT2D eigenvalue weighted by Gasteiger charge is 1.97. The molecule has 4 nitrogen and oxygen atoms in total. The van der Waals surface area contributed by atoms with Crippen LogP contribution in [0.15, 0.2) is 24.4 Å². The van der Waals surface area contributed by atoms with Gasteiger partial charge in [0.1, 0.15) is 0 Å². The number of nitrogens with one attached hydrogen (secondary N) is 3. The van der Waals surface area contributed by atoms with E-state index >= 15 is 0 Å². The Labute approximate surface area is 102 Å². The molecule has 0 aliphatic rings. The van der Waals surface area contributed by atoms with Crippen LogP contribution in [0.3, 0.4) is 0 Å². The average Bonchev–Trinajstić information content (AvgIpc) is 2.81. The number of benzene rings is 1. The number of hydrogen-bond acceptors (Lipinski definition) is 3. The number of aromatic nitrogens is 2. The molecule has 0 fully saturated rings. The fourth-order valence-corrected chi connectivity index (χ4v) is 1.84. The van der Waals surface area contributed by atoms with E-state index < -0.39 is 0 Å². The maximum Gasteiger partial charge on any atom is 0.0653 e. The van der Waals surface area contributed by atoms with Gasteiger partial charge in [0.15, 0.2) is 0 Å². The molecule has 2 aromatic rings. The lowest BCUT2D eigenvalue weighted by Gasteiger charge is -2.05. The largest absolute Gasteiger partial charge is 0.317 e. The van der Waals surface area contributed by atoms with Crippen LogP contribution < -0.4 is 10.6 Å². The second-order valence-electron chi connectivity index (χ2n) is 4.18. The maximum absolute atomic E-state index is 4.02. The summed E-state index contributed by atoms with van der Waals surface area (Å²) in [6, 6.07) is 6.41. The van der Waals surface area contributed by atoms with Crippen molar-refractivity contribution < 1.29 is 0 Å². The van der Waals surface area contributed by atoms with E-state index in [1.54, 1.807) is 0 Å². The van der Waals surface area contributed by atoms with Gasteiger partial charge >= 0.3 is 0 Å². The summed E-state index contributed by atoms with van der Waals surface area (Å²) < 4.78 is 0. The highest BCUT2D eigenvalue weighted by molar-refractivity contribution is 5.78. The van der Waals surface area contributed by atoms with E-state index in [1.165, 1.54) is 17.4 Å². The monoisotopic (exact) mass is 232 g/mol. The Hall–Kier alpha value is -1.39. The molecular formula is C13H20N4. The van der Waals surface area contributed by atoms with Crippen molar-refractivity contribution in [1.29, 1.82) is 0 Å². The van der Waals surface area contributed by atoms with Gasteiger partial charge in [0.25, 0.3) is 0 Å². The summed E-state index contributed by atoms with van der Waals surface area (Å²) in [6.45, 7) is 6.24. The number of rotatable bonds is 7. The number of aromatic amines is 1. The molecule has 0 amide bonds. The van der Waals surface area contributed by atoms with Crippen LogP contribution in [0.5, 0.6) is 0 Å². The van der Waals surface area contributed by atoms with Gasteiger partial charge in [-0.1, -0.05) is 19.1 Å². The molecule has 92 valence electrons. The van der Waals surface area contributed by atoms with Crippen molar-refractivity contribution in [1.82, 2.24) is 20.8 Å². The summed E-state index contributed by atoms with van der Waals surface area (Å²) in [6.07, 6.45) is 3.02. The van der Waals surface area contributed by atoms with Crippen molar-refractivity contribution in [3.63, 3.8) is 0 Å². The molecule has 2 rings (SSSR count). The lowest BCUT2D eigenvalue weighted by atomic mass is 10.1. The Kier molecular flexibility index (Phi) is 4.53.